The van der Waals surface area contributed by atoms with Crippen LogP contribution in [0.25, 0.3) is 0 Å². The Labute approximate surface area is 233 Å². The molecule has 1 aliphatic heterocycles. The summed E-state index contributed by atoms with van der Waals surface area (Å²) in [4.78, 5) is 38.2. The molecule has 2 unspecified atom stereocenters. The lowest BCUT2D eigenvalue weighted by Gasteiger charge is -2.40. The third kappa shape index (κ3) is 7.61. The van der Waals surface area contributed by atoms with Gasteiger partial charge < -0.3 is 20.4 Å². The smallest absolute Gasteiger partial charge is 0.317 e. The number of carbonyl (C=O) groups is 2. The van der Waals surface area contributed by atoms with Gasteiger partial charge in [-0.15, -0.1) is 0 Å². The number of rotatable bonds is 9. The number of urea groups is 1. The molecule has 2 atom stereocenters. The molecule has 38 heavy (non-hydrogen) atoms. The molecule has 3 aromatic rings. The molecule has 0 aliphatic carbocycles. The molecule has 8 nitrogen and oxygen atoms in total. The van der Waals surface area contributed by atoms with E-state index < -0.39 is 0 Å². The van der Waals surface area contributed by atoms with Crippen molar-refractivity contribution in [2.45, 2.75) is 37.5 Å². The Morgan fingerprint density at radius 2 is 1.79 bits per heavy atom. The third-order valence-electron chi connectivity index (χ3n) is 6.35. The van der Waals surface area contributed by atoms with E-state index in [1.165, 1.54) is 11.8 Å². The van der Waals surface area contributed by atoms with Gasteiger partial charge in [0.15, 0.2) is 5.16 Å². The lowest BCUT2D eigenvalue weighted by Crippen LogP contribution is -2.56. The maximum absolute atomic E-state index is 13.0. The van der Waals surface area contributed by atoms with E-state index >= 15 is 0 Å². The number of anilines is 1. The molecule has 1 aromatic heterocycles. The second kappa shape index (κ2) is 13.5. The van der Waals surface area contributed by atoms with Crippen molar-refractivity contribution in [2.24, 2.45) is 0 Å². The van der Waals surface area contributed by atoms with E-state index in [9.17, 15) is 9.59 Å². The summed E-state index contributed by atoms with van der Waals surface area (Å²) in [7, 11) is 0. The van der Waals surface area contributed by atoms with Crippen molar-refractivity contribution in [3.05, 3.63) is 83.0 Å². The highest BCUT2D eigenvalue weighted by Gasteiger charge is 2.28. The number of nitrogens with zero attached hydrogens (tertiary/aromatic N) is 4. The molecule has 2 heterocycles. The maximum atomic E-state index is 13.0. The van der Waals surface area contributed by atoms with Crippen LogP contribution >= 0.6 is 23.4 Å². The van der Waals surface area contributed by atoms with Gasteiger partial charge in [-0.3, -0.25) is 4.79 Å². The summed E-state index contributed by atoms with van der Waals surface area (Å²) in [5.74, 6) is 0.759. The van der Waals surface area contributed by atoms with Crippen LogP contribution in [0.1, 0.15) is 31.0 Å². The fraction of sp³-hybridized carbons (Fsp3) is 0.357. The van der Waals surface area contributed by atoms with E-state index in [-0.39, 0.29) is 29.8 Å². The number of amides is 3. The van der Waals surface area contributed by atoms with Crippen LogP contribution in [-0.4, -0.2) is 64.8 Å². The number of carbonyl (C=O) groups excluding carboxylic acids is 2. The average Bonchev–Trinajstić information content (AvgIpc) is 2.92. The molecule has 200 valence electrons. The van der Waals surface area contributed by atoms with Gasteiger partial charge in [0.25, 0.3) is 0 Å². The van der Waals surface area contributed by atoms with Crippen LogP contribution < -0.4 is 15.5 Å². The summed E-state index contributed by atoms with van der Waals surface area (Å²) >= 11 is 7.59. The van der Waals surface area contributed by atoms with Crippen LogP contribution in [0.3, 0.4) is 0 Å². The van der Waals surface area contributed by atoms with Crippen LogP contribution in [0.2, 0.25) is 5.15 Å². The van der Waals surface area contributed by atoms with Crippen molar-refractivity contribution in [1.29, 1.82) is 0 Å². The van der Waals surface area contributed by atoms with Gasteiger partial charge in [0, 0.05) is 38.3 Å². The van der Waals surface area contributed by atoms with Crippen LogP contribution in [-0.2, 0) is 11.2 Å². The van der Waals surface area contributed by atoms with Gasteiger partial charge in [0.2, 0.25) is 5.91 Å². The molecule has 1 aliphatic rings. The Balaban J connectivity index is 1.38. The zero-order valence-corrected chi connectivity index (χ0v) is 23.2. The number of halogens is 1. The SMILES string of the molecule is CCNC(=O)N1CCN(c2cc(Cl)nc(SCC(=O)NC(Cc3ccccc3)c3ccccc3)n2)CC1C. The number of hydrogen-bond acceptors (Lipinski definition) is 6. The summed E-state index contributed by atoms with van der Waals surface area (Å²) in [6.45, 7) is 6.38. The number of piperazine rings is 1. The molecule has 0 spiro atoms. The topological polar surface area (TPSA) is 90.5 Å². The van der Waals surface area contributed by atoms with Gasteiger partial charge in [-0.1, -0.05) is 84.0 Å². The molecule has 2 aromatic carbocycles. The van der Waals surface area contributed by atoms with E-state index in [0.717, 1.165) is 11.1 Å². The number of thioether (sulfide) groups is 1. The average molecular weight is 553 g/mol. The lowest BCUT2D eigenvalue weighted by molar-refractivity contribution is -0.119. The van der Waals surface area contributed by atoms with Gasteiger partial charge in [0.05, 0.1) is 11.8 Å². The first kappa shape index (κ1) is 27.7. The third-order valence-corrected chi connectivity index (χ3v) is 7.39. The fourth-order valence-electron chi connectivity index (χ4n) is 4.49. The van der Waals surface area contributed by atoms with Crippen molar-refractivity contribution in [1.82, 2.24) is 25.5 Å². The molecule has 3 amide bonds. The van der Waals surface area contributed by atoms with E-state index in [1.807, 2.05) is 67.3 Å². The standard InChI is InChI=1S/C28H33ClN6O2S/c1-3-30-28(37)35-15-14-34(18-20(35)2)25-17-24(29)32-27(33-25)38-19-26(36)31-23(22-12-8-5-9-13-22)16-21-10-6-4-7-11-21/h4-13,17,20,23H,3,14-16,18-19H2,1-2H3,(H,30,37)(H,31,36). The summed E-state index contributed by atoms with van der Waals surface area (Å²) in [6.07, 6.45) is 0.694. The molecule has 2 N–H and O–H groups in total. The second-order valence-electron chi connectivity index (χ2n) is 9.16. The monoisotopic (exact) mass is 552 g/mol. The van der Waals surface area contributed by atoms with Crippen molar-refractivity contribution in [2.75, 3.05) is 36.8 Å². The van der Waals surface area contributed by atoms with Crippen LogP contribution in [0.5, 0.6) is 0 Å². The first-order chi connectivity index (χ1) is 18.4. The number of benzene rings is 2. The molecule has 0 radical (unpaired) electrons. The minimum Gasteiger partial charge on any atom is -0.353 e. The summed E-state index contributed by atoms with van der Waals surface area (Å²) in [5, 5.41) is 6.80. The Morgan fingerprint density at radius 1 is 1.08 bits per heavy atom. The zero-order chi connectivity index (χ0) is 26.9. The quantitative estimate of drug-likeness (QED) is 0.230. The van der Waals surface area contributed by atoms with Crippen molar-refractivity contribution >= 4 is 41.1 Å². The normalized spacial score (nSPS) is 16.1. The highest BCUT2D eigenvalue weighted by molar-refractivity contribution is 7.99. The van der Waals surface area contributed by atoms with Gasteiger partial charge in [-0.2, -0.15) is 0 Å². The number of aromatic nitrogens is 2. The van der Waals surface area contributed by atoms with Gasteiger partial charge in [-0.05, 0) is 31.4 Å². The zero-order valence-electron chi connectivity index (χ0n) is 21.6. The highest BCUT2D eigenvalue weighted by atomic mass is 35.5. The summed E-state index contributed by atoms with van der Waals surface area (Å²) in [6, 6.07) is 21.6. The Hall–Kier alpha value is -3.30. The van der Waals surface area contributed by atoms with Crippen molar-refractivity contribution in [3.8, 4) is 0 Å². The predicted molar refractivity (Wildman–Crippen MR) is 153 cm³/mol. The summed E-state index contributed by atoms with van der Waals surface area (Å²) < 4.78 is 0. The van der Waals surface area contributed by atoms with Gasteiger partial charge in [0.1, 0.15) is 11.0 Å². The molecule has 1 fully saturated rings. The molecule has 10 heteroatoms. The first-order valence-corrected chi connectivity index (χ1v) is 14.1. The minimum atomic E-state index is -0.148. The van der Waals surface area contributed by atoms with Crippen molar-refractivity contribution < 1.29 is 9.59 Å². The van der Waals surface area contributed by atoms with E-state index in [2.05, 4.69) is 37.6 Å². The molecule has 0 bridgehead atoms. The second-order valence-corrected chi connectivity index (χ2v) is 10.5. The largest absolute Gasteiger partial charge is 0.353 e. The molecular weight excluding hydrogens is 520 g/mol. The van der Waals surface area contributed by atoms with Gasteiger partial charge >= 0.3 is 6.03 Å². The molecule has 0 saturated carbocycles. The maximum Gasteiger partial charge on any atom is 0.317 e. The Morgan fingerprint density at radius 3 is 2.47 bits per heavy atom. The molecular formula is C28H33ClN6O2S. The molecule has 1 saturated heterocycles. The lowest BCUT2D eigenvalue weighted by atomic mass is 9.99. The van der Waals surface area contributed by atoms with E-state index in [0.29, 0.717) is 48.7 Å². The molecule has 4 rings (SSSR count). The van der Waals surface area contributed by atoms with Gasteiger partial charge in [-0.25, -0.2) is 14.8 Å². The number of nitrogens with one attached hydrogen (secondary N) is 2. The van der Waals surface area contributed by atoms with E-state index in [4.69, 9.17) is 11.6 Å². The minimum absolute atomic E-state index is 0.0189. The number of hydrogen-bond donors (Lipinski definition) is 2. The van der Waals surface area contributed by atoms with Crippen LogP contribution in [0.4, 0.5) is 10.6 Å². The Kier molecular flexibility index (Phi) is 9.84. The predicted octanol–water partition coefficient (Wildman–Crippen LogP) is 4.56. The fourth-order valence-corrected chi connectivity index (χ4v) is 5.38. The highest BCUT2D eigenvalue weighted by Crippen LogP contribution is 2.25. The Bertz CT molecular complexity index is 1220. The summed E-state index contributed by atoms with van der Waals surface area (Å²) in [5.41, 5.74) is 2.20. The van der Waals surface area contributed by atoms with Crippen LogP contribution in [0.15, 0.2) is 71.9 Å². The van der Waals surface area contributed by atoms with Crippen molar-refractivity contribution in [3.63, 3.8) is 0 Å². The van der Waals surface area contributed by atoms with Crippen LogP contribution in [0, 0.1) is 0 Å². The van der Waals surface area contributed by atoms with E-state index in [1.54, 1.807) is 6.07 Å². The first-order valence-electron chi connectivity index (χ1n) is 12.8.